The van der Waals surface area contributed by atoms with Gasteiger partial charge in [0.2, 0.25) is 0 Å². The molecule has 0 saturated heterocycles. The lowest BCUT2D eigenvalue weighted by molar-refractivity contribution is 0.463. The fourth-order valence-corrected chi connectivity index (χ4v) is 1.95. The first-order chi connectivity index (χ1) is 5.81. The van der Waals surface area contributed by atoms with Crippen LogP contribution in [0.2, 0.25) is 0 Å². The first-order valence-corrected chi connectivity index (χ1v) is 6.01. The monoisotopic (exact) mass is 225 g/mol. The van der Waals surface area contributed by atoms with Gasteiger partial charge >= 0.3 is 8.25 Å². The predicted octanol–water partition coefficient (Wildman–Crippen LogP) is 3.35. The highest BCUT2D eigenvalue weighted by molar-refractivity contribution is 8.00. The molecular formula is C6H10O3PS2+. The van der Waals surface area contributed by atoms with Crippen LogP contribution < -0.4 is 0 Å². The van der Waals surface area contributed by atoms with E-state index in [0.29, 0.717) is 11.5 Å². The standard InChI is InChI=1S/C6H10O3PS2/c1-3-5-11-8-10(7)9-12-6-4-2/h3-4H,1-2,5-6H2/q+1. The molecule has 0 unspecified atom stereocenters. The van der Waals surface area contributed by atoms with Gasteiger partial charge in [-0.05, 0) is 7.94 Å². The van der Waals surface area contributed by atoms with Gasteiger partial charge in [-0.1, -0.05) is 12.2 Å². The Morgan fingerprint density at radius 1 is 1.17 bits per heavy atom. The average Bonchev–Trinajstić information content (AvgIpc) is 2.06. The van der Waals surface area contributed by atoms with Gasteiger partial charge in [0.1, 0.15) is 0 Å². The van der Waals surface area contributed by atoms with Crippen LogP contribution in [-0.4, -0.2) is 11.5 Å². The van der Waals surface area contributed by atoms with Gasteiger partial charge < -0.3 is 0 Å². The molecule has 0 atom stereocenters. The molecule has 6 heteroatoms. The van der Waals surface area contributed by atoms with E-state index in [2.05, 4.69) is 13.2 Å². The number of rotatable bonds is 8. The number of hydrogen-bond acceptors (Lipinski definition) is 5. The molecule has 0 amide bonds. The molecule has 0 fully saturated rings. The van der Waals surface area contributed by atoms with Crippen molar-refractivity contribution in [1.29, 1.82) is 0 Å². The Morgan fingerprint density at radius 2 is 1.58 bits per heavy atom. The maximum absolute atomic E-state index is 10.8. The minimum Gasteiger partial charge on any atom is -0.102 e. The molecule has 0 aliphatic rings. The van der Waals surface area contributed by atoms with E-state index < -0.39 is 8.25 Å². The Labute approximate surface area is 82.0 Å². The molecule has 0 saturated carbocycles. The van der Waals surface area contributed by atoms with Crippen molar-refractivity contribution in [3.05, 3.63) is 25.3 Å². The lowest BCUT2D eigenvalue weighted by Gasteiger charge is -1.84. The zero-order valence-electron chi connectivity index (χ0n) is 6.47. The van der Waals surface area contributed by atoms with E-state index >= 15 is 0 Å². The average molecular weight is 225 g/mol. The van der Waals surface area contributed by atoms with Gasteiger partial charge in [0, 0.05) is 16.1 Å². The third-order valence-corrected chi connectivity index (χ3v) is 3.16. The van der Waals surface area contributed by atoms with Crippen LogP contribution in [0.15, 0.2) is 25.3 Å². The minimum atomic E-state index is -2.02. The van der Waals surface area contributed by atoms with Crippen molar-refractivity contribution in [2.45, 2.75) is 0 Å². The van der Waals surface area contributed by atoms with Gasteiger partial charge in [-0.2, -0.15) is 0 Å². The summed E-state index contributed by atoms with van der Waals surface area (Å²) in [6.07, 6.45) is 3.31. The lowest BCUT2D eigenvalue weighted by Crippen LogP contribution is -1.73. The van der Waals surface area contributed by atoms with E-state index in [-0.39, 0.29) is 0 Å². The van der Waals surface area contributed by atoms with Gasteiger partial charge in [0.25, 0.3) is 0 Å². The molecule has 0 aromatic rings. The highest BCUT2D eigenvalue weighted by Gasteiger charge is 2.21. The highest BCUT2D eigenvalue weighted by Crippen LogP contribution is 2.34. The van der Waals surface area contributed by atoms with E-state index in [1.807, 2.05) is 0 Å². The molecule has 0 radical (unpaired) electrons. The van der Waals surface area contributed by atoms with Crippen LogP contribution in [0.3, 0.4) is 0 Å². The molecule has 0 bridgehead atoms. The third kappa shape index (κ3) is 8.30. The van der Waals surface area contributed by atoms with Crippen LogP contribution in [0.25, 0.3) is 0 Å². The van der Waals surface area contributed by atoms with Crippen molar-refractivity contribution < 1.29 is 12.5 Å². The van der Waals surface area contributed by atoms with Crippen LogP contribution in [0.5, 0.6) is 0 Å². The molecule has 12 heavy (non-hydrogen) atoms. The maximum atomic E-state index is 10.8. The van der Waals surface area contributed by atoms with Crippen molar-refractivity contribution in [3.63, 3.8) is 0 Å². The zero-order valence-corrected chi connectivity index (χ0v) is 9.00. The van der Waals surface area contributed by atoms with Crippen LogP contribution in [0.4, 0.5) is 0 Å². The molecule has 0 aromatic heterocycles. The molecular weight excluding hydrogens is 215 g/mol. The second kappa shape index (κ2) is 9.29. The van der Waals surface area contributed by atoms with E-state index in [4.69, 9.17) is 7.94 Å². The second-order valence-corrected chi connectivity index (χ2v) is 4.30. The van der Waals surface area contributed by atoms with E-state index in [1.165, 1.54) is 0 Å². The van der Waals surface area contributed by atoms with Gasteiger partial charge in [0.15, 0.2) is 0 Å². The van der Waals surface area contributed by atoms with Crippen molar-refractivity contribution in [3.8, 4) is 0 Å². The molecule has 0 aliphatic carbocycles. The van der Waals surface area contributed by atoms with Gasteiger partial charge in [-0.3, -0.25) is 0 Å². The van der Waals surface area contributed by atoms with Crippen LogP contribution in [0, 0.1) is 0 Å². The Bertz CT molecular complexity index is 147. The van der Waals surface area contributed by atoms with Gasteiger partial charge in [0.05, 0.1) is 24.1 Å². The quantitative estimate of drug-likeness (QED) is 0.274. The van der Waals surface area contributed by atoms with Crippen LogP contribution in [0.1, 0.15) is 0 Å². The predicted molar refractivity (Wildman–Crippen MR) is 55.1 cm³/mol. The third-order valence-electron chi connectivity index (χ3n) is 0.599. The molecule has 0 rings (SSSR count). The highest BCUT2D eigenvalue weighted by atomic mass is 32.2. The summed E-state index contributed by atoms with van der Waals surface area (Å²) in [5, 5.41) is 0. The maximum Gasteiger partial charge on any atom is 0.722 e. The number of hydrogen-bond donors (Lipinski definition) is 0. The van der Waals surface area contributed by atoms with Crippen molar-refractivity contribution in [2.24, 2.45) is 0 Å². The molecule has 3 nitrogen and oxygen atoms in total. The summed E-state index contributed by atoms with van der Waals surface area (Å²) in [5.41, 5.74) is 0. The molecule has 0 spiro atoms. The summed E-state index contributed by atoms with van der Waals surface area (Å²) in [6.45, 7) is 6.96. The topological polar surface area (TPSA) is 35.5 Å². The van der Waals surface area contributed by atoms with Crippen LogP contribution >= 0.6 is 32.3 Å². The summed E-state index contributed by atoms with van der Waals surface area (Å²) < 4.78 is 20.2. The van der Waals surface area contributed by atoms with E-state index in [9.17, 15) is 4.57 Å². The smallest absolute Gasteiger partial charge is 0.102 e. The summed E-state index contributed by atoms with van der Waals surface area (Å²) in [4.78, 5) is 0. The zero-order chi connectivity index (χ0) is 9.23. The molecule has 0 heterocycles. The lowest BCUT2D eigenvalue weighted by atomic mass is 10.8. The minimum absolute atomic E-state index is 0.594. The molecule has 0 aliphatic heterocycles. The first kappa shape index (κ1) is 12.2. The van der Waals surface area contributed by atoms with Crippen molar-refractivity contribution in [2.75, 3.05) is 11.5 Å². The fourth-order valence-electron chi connectivity index (χ4n) is 0.256. The summed E-state index contributed by atoms with van der Waals surface area (Å²) in [6, 6.07) is 0. The Hall–Kier alpha value is 0.200. The van der Waals surface area contributed by atoms with Gasteiger partial charge in [-0.25, -0.2) is 0 Å². The van der Waals surface area contributed by atoms with Crippen molar-refractivity contribution in [1.82, 2.24) is 0 Å². The molecule has 0 aromatic carbocycles. The Morgan fingerprint density at radius 3 is 1.92 bits per heavy atom. The SMILES string of the molecule is C=CCSO[P+](=O)OSCC=C. The van der Waals surface area contributed by atoms with Gasteiger partial charge in [-0.15, -0.1) is 13.2 Å². The van der Waals surface area contributed by atoms with E-state index in [0.717, 1.165) is 24.1 Å². The second-order valence-electron chi connectivity index (χ2n) is 1.52. The Balaban J connectivity index is 3.21. The Kier molecular flexibility index (Phi) is 9.44. The summed E-state index contributed by atoms with van der Waals surface area (Å²) in [5.74, 6) is 1.19. The molecule has 0 N–H and O–H groups in total. The summed E-state index contributed by atoms with van der Waals surface area (Å²) >= 11 is 2.11. The van der Waals surface area contributed by atoms with Crippen LogP contribution in [-0.2, 0) is 12.5 Å². The first-order valence-electron chi connectivity index (χ1n) is 3.09. The summed E-state index contributed by atoms with van der Waals surface area (Å²) in [7, 11) is -2.02. The normalized spacial score (nSPS) is 9.33. The van der Waals surface area contributed by atoms with E-state index in [1.54, 1.807) is 12.2 Å². The molecule has 68 valence electrons. The largest absolute Gasteiger partial charge is 0.722 e. The van der Waals surface area contributed by atoms with Crippen molar-refractivity contribution >= 4 is 32.3 Å². The fraction of sp³-hybridized carbons (Fsp3) is 0.333.